The molecule has 0 unspecified atom stereocenters. The van der Waals surface area contributed by atoms with Gasteiger partial charge in [0.2, 0.25) is 5.91 Å². The van der Waals surface area contributed by atoms with Gasteiger partial charge in [0.1, 0.15) is 6.61 Å². The van der Waals surface area contributed by atoms with Gasteiger partial charge in [0.15, 0.2) is 0 Å². The number of nitrogens with zero attached hydrogens (tertiary/aromatic N) is 1. The molecule has 0 bridgehead atoms. The highest BCUT2D eigenvalue weighted by atomic mass is 16.5. The number of hydrogen-bond acceptors (Lipinski definition) is 4. The van der Waals surface area contributed by atoms with E-state index in [9.17, 15) is 14.4 Å². The SMILES string of the molecule is CN(CCCC(=O)O)C(=O)C1(CNC(=O)OCC2c3ccccc3-c3ccccc32)CCCCC1. The summed E-state index contributed by atoms with van der Waals surface area (Å²) in [6.45, 7) is 0.847. The van der Waals surface area contributed by atoms with E-state index in [1.807, 2.05) is 24.3 Å². The smallest absolute Gasteiger partial charge is 0.407 e. The zero-order chi connectivity index (χ0) is 24.8. The summed E-state index contributed by atoms with van der Waals surface area (Å²) < 4.78 is 5.67. The maximum atomic E-state index is 13.3. The third-order valence-corrected chi connectivity index (χ3v) is 7.41. The molecule has 0 aromatic heterocycles. The number of nitrogens with one attached hydrogen (secondary N) is 1. The standard InChI is InChI=1S/C28H34N2O5/c1-30(17-9-14-25(31)32)26(33)28(15-7-2-8-16-28)19-29-27(34)35-18-24-22-12-5-3-10-20(22)21-11-4-6-13-23(21)24/h3-6,10-13,24H,2,7-9,14-19H2,1H3,(H,29,34)(H,31,32). The number of carbonyl (C=O) groups excluding carboxylic acids is 2. The summed E-state index contributed by atoms with van der Waals surface area (Å²) in [7, 11) is 1.72. The van der Waals surface area contributed by atoms with Gasteiger partial charge in [-0.2, -0.15) is 0 Å². The van der Waals surface area contributed by atoms with Crippen LogP contribution in [-0.4, -0.2) is 54.7 Å². The van der Waals surface area contributed by atoms with E-state index in [-0.39, 0.29) is 31.4 Å². The zero-order valence-electron chi connectivity index (χ0n) is 20.3. The molecule has 0 spiro atoms. The van der Waals surface area contributed by atoms with Crippen LogP contribution >= 0.6 is 0 Å². The Hall–Kier alpha value is -3.35. The maximum Gasteiger partial charge on any atom is 0.407 e. The number of hydrogen-bond donors (Lipinski definition) is 2. The minimum Gasteiger partial charge on any atom is -0.481 e. The number of carboxylic acids is 1. The van der Waals surface area contributed by atoms with Crippen molar-refractivity contribution in [1.82, 2.24) is 10.2 Å². The average Bonchev–Trinajstić information content (AvgIpc) is 3.19. The minimum absolute atomic E-state index is 0.0150. The first-order valence-electron chi connectivity index (χ1n) is 12.5. The molecule has 0 radical (unpaired) electrons. The maximum absolute atomic E-state index is 13.3. The van der Waals surface area contributed by atoms with Gasteiger partial charge >= 0.3 is 12.1 Å². The molecule has 2 aliphatic carbocycles. The molecule has 2 amide bonds. The van der Waals surface area contributed by atoms with Crippen molar-refractivity contribution in [3.8, 4) is 11.1 Å². The van der Waals surface area contributed by atoms with Crippen LogP contribution in [0.3, 0.4) is 0 Å². The summed E-state index contributed by atoms with van der Waals surface area (Å²) >= 11 is 0. The van der Waals surface area contributed by atoms with E-state index in [0.717, 1.165) is 30.4 Å². The summed E-state index contributed by atoms with van der Waals surface area (Å²) in [5.41, 5.74) is 4.00. The zero-order valence-corrected chi connectivity index (χ0v) is 20.3. The number of carboxylic acid groups (broad SMARTS) is 1. The normalized spacial score (nSPS) is 16.1. The Morgan fingerprint density at radius 1 is 1.00 bits per heavy atom. The van der Waals surface area contributed by atoms with Gasteiger partial charge in [0, 0.05) is 32.5 Å². The average molecular weight is 479 g/mol. The summed E-state index contributed by atoms with van der Waals surface area (Å²) in [5.74, 6) is -0.907. The van der Waals surface area contributed by atoms with E-state index >= 15 is 0 Å². The van der Waals surface area contributed by atoms with E-state index in [0.29, 0.717) is 25.8 Å². The van der Waals surface area contributed by atoms with Crippen LogP contribution in [0.15, 0.2) is 48.5 Å². The summed E-state index contributed by atoms with van der Waals surface area (Å²) in [6.07, 6.45) is 4.27. The van der Waals surface area contributed by atoms with Crippen LogP contribution in [0.4, 0.5) is 4.79 Å². The molecule has 2 aromatic rings. The fourth-order valence-electron chi connectivity index (χ4n) is 5.56. The van der Waals surface area contributed by atoms with Crippen molar-refractivity contribution in [2.75, 3.05) is 26.7 Å². The van der Waals surface area contributed by atoms with Crippen LogP contribution in [0.1, 0.15) is 62.0 Å². The summed E-state index contributed by atoms with van der Waals surface area (Å²) in [6, 6.07) is 16.4. The number of ether oxygens (including phenoxy) is 1. The van der Waals surface area contributed by atoms with Gasteiger partial charge in [-0.1, -0.05) is 67.8 Å². The second-order valence-corrected chi connectivity index (χ2v) is 9.74. The highest BCUT2D eigenvalue weighted by Gasteiger charge is 2.41. The van der Waals surface area contributed by atoms with E-state index in [2.05, 4.69) is 29.6 Å². The molecule has 2 aliphatic rings. The predicted molar refractivity (Wildman–Crippen MR) is 133 cm³/mol. The fourth-order valence-corrected chi connectivity index (χ4v) is 5.56. The number of benzene rings is 2. The molecule has 7 nitrogen and oxygen atoms in total. The van der Waals surface area contributed by atoms with Crippen molar-refractivity contribution in [2.45, 2.75) is 50.9 Å². The first kappa shape index (κ1) is 24.8. The lowest BCUT2D eigenvalue weighted by atomic mass is 9.73. The molecule has 186 valence electrons. The van der Waals surface area contributed by atoms with Crippen LogP contribution in [0, 0.1) is 5.41 Å². The molecule has 4 rings (SSSR count). The second kappa shape index (κ2) is 10.9. The van der Waals surface area contributed by atoms with Gasteiger partial charge in [-0.05, 0) is 41.5 Å². The number of amides is 2. The Balaban J connectivity index is 1.36. The van der Waals surface area contributed by atoms with Crippen LogP contribution in [-0.2, 0) is 14.3 Å². The molecule has 0 saturated heterocycles. The van der Waals surface area contributed by atoms with Gasteiger partial charge in [-0.3, -0.25) is 9.59 Å². The Labute approximate surface area is 206 Å². The molecule has 1 saturated carbocycles. The number of aliphatic carboxylic acids is 1. The monoisotopic (exact) mass is 478 g/mol. The van der Waals surface area contributed by atoms with E-state index in [4.69, 9.17) is 9.84 Å². The molecule has 0 heterocycles. The van der Waals surface area contributed by atoms with Gasteiger partial charge in [0.05, 0.1) is 5.41 Å². The molecule has 35 heavy (non-hydrogen) atoms. The highest BCUT2D eigenvalue weighted by Crippen LogP contribution is 2.44. The Bertz CT molecular complexity index is 1030. The van der Waals surface area contributed by atoms with Gasteiger partial charge in [0.25, 0.3) is 0 Å². The third-order valence-electron chi connectivity index (χ3n) is 7.41. The quantitative estimate of drug-likeness (QED) is 0.540. The first-order valence-corrected chi connectivity index (χ1v) is 12.5. The highest BCUT2D eigenvalue weighted by molar-refractivity contribution is 5.84. The summed E-state index contributed by atoms with van der Waals surface area (Å²) in [5, 5.41) is 11.8. The molecule has 1 fully saturated rings. The molecule has 0 aliphatic heterocycles. The van der Waals surface area contributed by atoms with Crippen molar-refractivity contribution < 1.29 is 24.2 Å². The molecule has 2 aromatic carbocycles. The number of rotatable bonds is 9. The van der Waals surface area contributed by atoms with Crippen LogP contribution < -0.4 is 5.32 Å². The lowest BCUT2D eigenvalue weighted by molar-refractivity contribution is -0.143. The van der Waals surface area contributed by atoms with Crippen molar-refractivity contribution >= 4 is 18.0 Å². The number of fused-ring (bicyclic) bond motifs is 3. The molecule has 2 N–H and O–H groups in total. The van der Waals surface area contributed by atoms with Crippen molar-refractivity contribution in [1.29, 1.82) is 0 Å². The fraction of sp³-hybridized carbons (Fsp3) is 0.464. The number of carbonyl (C=O) groups is 3. The Morgan fingerprint density at radius 2 is 1.60 bits per heavy atom. The first-order chi connectivity index (χ1) is 16.9. The topological polar surface area (TPSA) is 95.9 Å². The Kier molecular flexibility index (Phi) is 7.73. The van der Waals surface area contributed by atoms with Crippen molar-refractivity contribution in [3.63, 3.8) is 0 Å². The lowest BCUT2D eigenvalue weighted by Gasteiger charge is -2.38. The van der Waals surface area contributed by atoms with Crippen LogP contribution in [0.5, 0.6) is 0 Å². The van der Waals surface area contributed by atoms with Gasteiger partial charge in [-0.15, -0.1) is 0 Å². The minimum atomic E-state index is -0.866. The van der Waals surface area contributed by atoms with Crippen LogP contribution in [0.25, 0.3) is 11.1 Å². The van der Waals surface area contributed by atoms with E-state index in [1.54, 1.807) is 11.9 Å². The van der Waals surface area contributed by atoms with Crippen molar-refractivity contribution in [3.05, 3.63) is 59.7 Å². The third kappa shape index (κ3) is 5.50. The Morgan fingerprint density at radius 3 is 2.20 bits per heavy atom. The van der Waals surface area contributed by atoms with E-state index < -0.39 is 17.5 Å². The lowest BCUT2D eigenvalue weighted by Crippen LogP contribution is -2.50. The van der Waals surface area contributed by atoms with Gasteiger partial charge < -0.3 is 20.1 Å². The number of alkyl carbamates (subject to hydrolysis) is 1. The second-order valence-electron chi connectivity index (χ2n) is 9.74. The van der Waals surface area contributed by atoms with Crippen LogP contribution in [0.2, 0.25) is 0 Å². The molecular formula is C28H34N2O5. The summed E-state index contributed by atoms with van der Waals surface area (Å²) in [4.78, 5) is 38.5. The largest absolute Gasteiger partial charge is 0.481 e. The van der Waals surface area contributed by atoms with E-state index in [1.165, 1.54) is 11.1 Å². The molecular weight excluding hydrogens is 444 g/mol. The molecule has 7 heteroatoms. The molecule has 0 atom stereocenters. The predicted octanol–water partition coefficient (Wildman–Crippen LogP) is 4.80. The van der Waals surface area contributed by atoms with Crippen molar-refractivity contribution in [2.24, 2.45) is 5.41 Å². The van der Waals surface area contributed by atoms with Gasteiger partial charge in [-0.25, -0.2) is 4.79 Å².